The number of benzene rings is 1. The van der Waals surface area contributed by atoms with Crippen molar-refractivity contribution in [3.05, 3.63) is 79.2 Å². The molecule has 0 aliphatic carbocycles. The minimum Gasteiger partial charge on any atom is -0.348 e. The van der Waals surface area contributed by atoms with Crippen molar-refractivity contribution >= 4 is 29.8 Å². The molecule has 0 fully saturated rings. The highest BCUT2D eigenvalue weighted by Gasteiger charge is 2.13. The summed E-state index contributed by atoms with van der Waals surface area (Å²) in [6, 6.07) is 7.04. The third-order valence-corrected chi connectivity index (χ3v) is 4.48. The molecular weight excluding hydrogens is 394 g/mol. The summed E-state index contributed by atoms with van der Waals surface area (Å²) in [7, 11) is 0. The average molecular weight is 413 g/mol. The SMILES string of the molecule is C=C/C(=C\N=C)CNC(=O)c1ccc(Nc2ncc(-c3cn[nH]c3)n3ncnc23)cc1. The summed E-state index contributed by atoms with van der Waals surface area (Å²) >= 11 is 0. The third-order valence-electron chi connectivity index (χ3n) is 4.48. The Kier molecular flexibility index (Phi) is 5.61. The quantitative estimate of drug-likeness (QED) is 0.301. The van der Waals surface area contributed by atoms with E-state index in [2.05, 4.69) is 54.2 Å². The van der Waals surface area contributed by atoms with Crippen LogP contribution in [0.4, 0.5) is 11.5 Å². The Hall–Kier alpha value is -4.60. The maximum Gasteiger partial charge on any atom is 0.251 e. The molecule has 10 heteroatoms. The lowest BCUT2D eigenvalue weighted by Crippen LogP contribution is -2.25. The Morgan fingerprint density at radius 3 is 2.77 bits per heavy atom. The molecule has 1 aromatic carbocycles. The number of hydrogen-bond acceptors (Lipinski definition) is 7. The summed E-state index contributed by atoms with van der Waals surface area (Å²) in [6.45, 7) is 7.40. The van der Waals surface area contributed by atoms with Gasteiger partial charge in [0.2, 0.25) is 0 Å². The van der Waals surface area contributed by atoms with Gasteiger partial charge in [-0.1, -0.05) is 12.7 Å². The Balaban J connectivity index is 1.49. The van der Waals surface area contributed by atoms with Crippen LogP contribution in [0.3, 0.4) is 0 Å². The van der Waals surface area contributed by atoms with Crippen LogP contribution in [0.15, 0.2) is 78.6 Å². The van der Waals surface area contributed by atoms with Crippen molar-refractivity contribution in [2.24, 2.45) is 4.99 Å². The highest BCUT2D eigenvalue weighted by Crippen LogP contribution is 2.23. The molecule has 0 bridgehead atoms. The molecule has 3 aromatic heterocycles. The van der Waals surface area contributed by atoms with Gasteiger partial charge in [-0.25, -0.2) is 14.5 Å². The molecule has 4 aromatic rings. The van der Waals surface area contributed by atoms with Crippen molar-refractivity contribution in [3.63, 3.8) is 0 Å². The van der Waals surface area contributed by atoms with Crippen molar-refractivity contribution in [1.82, 2.24) is 35.1 Å². The highest BCUT2D eigenvalue weighted by atomic mass is 16.1. The summed E-state index contributed by atoms with van der Waals surface area (Å²) in [6.07, 6.45) is 9.79. The van der Waals surface area contributed by atoms with Crippen LogP contribution in [0.5, 0.6) is 0 Å². The minimum absolute atomic E-state index is 0.203. The fraction of sp³-hybridized carbons (Fsp3) is 0.0476. The number of amides is 1. The van der Waals surface area contributed by atoms with Crippen molar-refractivity contribution in [2.75, 3.05) is 11.9 Å². The van der Waals surface area contributed by atoms with E-state index in [0.717, 1.165) is 22.5 Å². The number of carbonyl (C=O) groups is 1. The average Bonchev–Trinajstić information content (AvgIpc) is 3.50. The Morgan fingerprint density at radius 1 is 1.23 bits per heavy atom. The van der Waals surface area contributed by atoms with Gasteiger partial charge in [0.05, 0.1) is 18.1 Å². The Bertz CT molecular complexity index is 1250. The topological polar surface area (TPSA) is 125 Å². The fourth-order valence-electron chi connectivity index (χ4n) is 2.91. The van der Waals surface area contributed by atoms with Gasteiger partial charge in [-0.15, -0.1) is 0 Å². The molecule has 4 rings (SSSR count). The van der Waals surface area contributed by atoms with Crippen LogP contribution in [0.25, 0.3) is 16.9 Å². The molecule has 0 saturated carbocycles. The van der Waals surface area contributed by atoms with E-state index in [4.69, 9.17) is 0 Å². The fourth-order valence-corrected chi connectivity index (χ4v) is 2.91. The van der Waals surface area contributed by atoms with Crippen molar-refractivity contribution in [2.45, 2.75) is 0 Å². The van der Waals surface area contributed by atoms with Crippen LogP contribution in [-0.2, 0) is 0 Å². The molecule has 31 heavy (non-hydrogen) atoms. The predicted molar refractivity (Wildman–Crippen MR) is 118 cm³/mol. The van der Waals surface area contributed by atoms with Gasteiger partial charge in [0.25, 0.3) is 5.91 Å². The Labute approximate surface area is 177 Å². The van der Waals surface area contributed by atoms with Crippen LogP contribution < -0.4 is 10.6 Å². The summed E-state index contributed by atoms with van der Waals surface area (Å²) in [5.74, 6) is 0.338. The monoisotopic (exact) mass is 413 g/mol. The van der Waals surface area contributed by atoms with E-state index in [0.29, 0.717) is 23.6 Å². The second kappa shape index (κ2) is 8.82. The van der Waals surface area contributed by atoms with Gasteiger partial charge in [0, 0.05) is 35.8 Å². The standard InChI is InChI=1S/C21H19N9O/c1-3-14(8-22-2)9-24-21(31)15-4-6-17(7-5-15)29-19-20-25-13-28-30(20)18(12-23-19)16-10-26-27-11-16/h3-8,10-13H,1-2,9H2,(H,23,29)(H,24,31)(H,26,27)/b14-8+. The number of aromatic nitrogens is 6. The van der Waals surface area contributed by atoms with Gasteiger partial charge >= 0.3 is 0 Å². The number of aliphatic imine (C=N–C) groups is 1. The molecule has 0 radical (unpaired) electrons. The van der Waals surface area contributed by atoms with Gasteiger partial charge < -0.3 is 10.6 Å². The normalized spacial score (nSPS) is 11.3. The number of nitrogens with one attached hydrogen (secondary N) is 3. The van der Waals surface area contributed by atoms with Gasteiger partial charge in [0.1, 0.15) is 6.33 Å². The number of carbonyl (C=O) groups excluding carboxylic acids is 1. The largest absolute Gasteiger partial charge is 0.348 e. The molecule has 10 nitrogen and oxygen atoms in total. The highest BCUT2D eigenvalue weighted by molar-refractivity contribution is 5.94. The smallest absolute Gasteiger partial charge is 0.251 e. The molecule has 0 aliphatic heterocycles. The number of fused-ring (bicyclic) bond motifs is 1. The molecule has 154 valence electrons. The lowest BCUT2D eigenvalue weighted by atomic mass is 10.2. The van der Waals surface area contributed by atoms with Crippen molar-refractivity contribution in [3.8, 4) is 11.3 Å². The summed E-state index contributed by atoms with van der Waals surface area (Å²) < 4.78 is 1.69. The van der Waals surface area contributed by atoms with Gasteiger partial charge in [-0.2, -0.15) is 10.2 Å². The zero-order valence-electron chi connectivity index (χ0n) is 16.5. The lowest BCUT2D eigenvalue weighted by Gasteiger charge is -2.10. The molecular formula is C21H19N9O. The molecule has 3 heterocycles. The van der Waals surface area contributed by atoms with Crippen molar-refractivity contribution in [1.29, 1.82) is 0 Å². The number of rotatable bonds is 8. The summed E-state index contributed by atoms with van der Waals surface area (Å²) in [5, 5.41) is 17.0. The molecule has 0 saturated heterocycles. The number of anilines is 2. The maximum atomic E-state index is 12.3. The Morgan fingerprint density at radius 2 is 2.06 bits per heavy atom. The number of H-pyrrole nitrogens is 1. The van der Waals surface area contributed by atoms with E-state index >= 15 is 0 Å². The summed E-state index contributed by atoms with van der Waals surface area (Å²) in [5.41, 5.74) is 4.23. The first-order valence-corrected chi connectivity index (χ1v) is 9.30. The first-order chi connectivity index (χ1) is 15.2. The van der Waals surface area contributed by atoms with Crippen LogP contribution in [0.1, 0.15) is 10.4 Å². The van der Waals surface area contributed by atoms with E-state index < -0.39 is 0 Å². The van der Waals surface area contributed by atoms with E-state index in [1.807, 2.05) is 0 Å². The molecule has 3 N–H and O–H groups in total. The van der Waals surface area contributed by atoms with Crippen LogP contribution >= 0.6 is 0 Å². The lowest BCUT2D eigenvalue weighted by molar-refractivity contribution is 0.0957. The maximum absolute atomic E-state index is 12.3. The first-order valence-electron chi connectivity index (χ1n) is 9.30. The molecule has 0 spiro atoms. The minimum atomic E-state index is -0.203. The van der Waals surface area contributed by atoms with Crippen molar-refractivity contribution < 1.29 is 4.79 Å². The van der Waals surface area contributed by atoms with Crippen LogP contribution in [0, 0.1) is 0 Å². The third kappa shape index (κ3) is 4.22. The number of hydrogen-bond donors (Lipinski definition) is 3. The predicted octanol–water partition coefficient (Wildman–Crippen LogP) is 2.76. The molecule has 1 amide bonds. The molecule has 0 unspecified atom stereocenters. The van der Waals surface area contributed by atoms with Crippen LogP contribution in [0.2, 0.25) is 0 Å². The van der Waals surface area contributed by atoms with E-state index in [1.165, 1.54) is 6.33 Å². The number of aromatic amines is 1. The number of nitrogens with zero attached hydrogens (tertiary/aromatic N) is 6. The van der Waals surface area contributed by atoms with E-state index in [-0.39, 0.29) is 5.91 Å². The van der Waals surface area contributed by atoms with Gasteiger partial charge in [0.15, 0.2) is 11.5 Å². The van der Waals surface area contributed by atoms with Gasteiger partial charge in [-0.3, -0.25) is 14.9 Å². The molecule has 0 aliphatic rings. The zero-order chi connectivity index (χ0) is 21.6. The molecule has 0 atom stereocenters. The first kappa shape index (κ1) is 19.7. The summed E-state index contributed by atoms with van der Waals surface area (Å²) in [4.78, 5) is 24.8. The van der Waals surface area contributed by atoms with E-state index in [9.17, 15) is 4.79 Å². The zero-order valence-corrected chi connectivity index (χ0v) is 16.5. The second-order valence-electron chi connectivity index (χ2n) is 6.45. The van der Waals surface area contributed by atoms with Gasteiger partial charge in [-0.05, 0) is 36.6 Å². The van der Waals surface area contributed by atoms with E-state index in [1.54, 1.807) is 59.6 Å². The van der Waals surface area contributed by atoms with Crippen LogP contribution in [-0.4, -0.2) is 48.9 Å². The second-order valence-corrected chi connectivity index (χ2v) is 6.45.